The number of halogens is 3. The van der Waals surface area contributed by atoms with Crippen molar-refractivity contribution < 1.29 is 19.0 Å². The molecule has 1 aliphatic heterocycles. The molecule has 136 valence electrons. The fourth-order valence-corrected chi connectivity index (χ4v) is 2.71. The maximum absolute atomic E-state index is 11.8. The van der Waals surface area contributed by atoms with Gasteiger partial charge < -0.3 is 19.9 Å². The van der Waals surface area contributed by atoms with Crippen molar-refractivity contribution in [2.24, 2.45) is 11.7 Å². The van der Waals surface area contributed by atoms with Gasteiger partial charge in [0.05, 0.1) is 6.61 Å². The van der Waals surface area contributed by atoms with E-state index in [0.29, 0.717) is 18.1 Å². The Kier molecular flexibility index (Phi) is 9.88. The van der Waals surface area contributed by atoms with E-state index < -0.39 is 12.0 Å². The highest BCUT2D eigenvalue weighted by Gasteiger charge is 2.18. The van der Waals surface area contributed by atoms with Crippen LogP contribution in [-0.4, -0.2) is 43.4 Å². The van der Waals surface area contributed by atoms with E-state index in [0.717, 1.165) is 26.1 Å². The van der Waals surface area contributed by atoms with E-state index >= 15 is 0 Å². The number of nitrogens with two attached hydrogens (primary N) is 1. The van der Waals surface area contributed by atoms with Gasteiger partial charge in [0, 0.05) is 19.8 Å². The summed E-state index contributed by atoms with van der Waals surface area (Å²) in [7, 11) is 0. The summed E-state index contributed by atoms with van der Waals surface area (Å²) >= 11 is 11.6. The first-order chi connectivity index (χ1) is 11.0. The minimum atomic E-state index is -0.817. The number of hydrogen-bond acceptors (Lipinski definition) is 6. The van der Waals surface area contributed by atoms with E-state index in [1.54, 1.807) is 12.1 Å². The van der Waals surface area contributed by atoms with E-state index in [-0.39, 0.29) is 35.9 Å². The zero-order valence-corrected chi connectivity index (χ0v) is 15.4. The summed E-state index contributed by atoms with van der Waals surface area (Å²) in [5, 5.41) is 0.486. The van der Waals surface area contributed by atoms with Gasteiger partial charge in [-0.2, -0.15) is 0 Å². The third-order valence-electron chi connectivity index (χ3n) is 3.50. The van der Waals surface area contributed by atoms with Crippen molar-refractivity contribution in [3.8, 4) is 0 Å². The quantitative estimate of drug-likeness (QED) is 0.560. The van der Waals surface area contributed by atoms with Gasteiger partial charge in [-0.1, -0.05) is 23.2 Å². The van der Waals surface area contributed by atoms with Crippen molar-refractivity contribution in [1.82, 2.24) is 4.98 Å². The number of pyridine rings is 1. The summed E-state index contributed by atoms with van der Waals surface area (Å²) in [4.78, 5) is 15.7. The van der Waals surface area contributed by atoms with Crippen LogP contribution in [0.2, 0.25) is 10.3 Å². The highest BCUT2D eigenvalue weighted by Crippen LogP contribution is 2.16. The van der Waals surface area contributed by atoms with E-state index in [1.807, 2.05) is 0 Å². The zero-order valence-electron chi connectivity index (χ0n) is 13.1. The largest absolute Gasteiger partial charge is 0.460 e. The summed E-state index contributed by atoms with van der Waals surface area (Å²) in [6.45, 7) is 2.28. The van der Waals surface area contributed by atoms with Crippen molar-refractivity contribution in [2.75, 3.05) is 26.4 Å². The van der Waals surface area contributed by atoms with Crippen LogP contribution in [0, 0.1) is 5.92 Å². The molecule has 2 heterocycles. The Hall–Kier alpha value is -0.630. The van der Waals surface area contributed by atoms with E-state index in [2.05, 4.69) is 4.98 Å². The molecule has 1 saturated heterocycles. The molecule has 1 fully saturated rings. The van der Waals surface area contributed by atoms with Crippen LogP contribution in [0.1, 0.15) is 18.4 Å². The van der Waals surface area contributed by atoms with Crippen LogP contribution in [0.25, 0.3) is 0 Å². The van der Waals surface area contributed by atoms with Gasteiger partial charge in [-0.25, -0.2) is 4.98 Å². The summed E-state index contributed by atoms with van der Waals surface area (Å²) in [5.41, 5.74) is 6.42. The Morgan fingerprint density at radius 2 is 1.96 bits per heavy atom. The highest BCUT2D eigenvalue weighted by atomic mass is 35.5. The van der Waals surface area contributed by atoms with Crippen LogP contribution in [-0.2, 0) is 25.6 Å². The predicted octanol–water partition coefficient (Wildman–Crippen LogP) is 2.62. The lowest BCUT2D eigenvalue weighted by atomic mass is 10.0. The standard InChI is InChI=1S/C15H20Cl2N2O4.ClH/c16-13-5-11(6-14(17)19-13)8-23-15(20)12(18)9-22-7-10-1-3-21-4-2-10;/h5-6,10,12H,1-4,7-9,18H2;1H/t12-;/m0./s1. The monoisotopic (exact) mass is 398 g/mol. The lowest BCUT2D eigenvalue weighted by Crippen LogP contribution is -2.37. The van der Waals surface area contributed by atoms with Gasteiger partial charge >= 0.3 is 5.97 Å². The number of carbonyl (C=O) groups is 1. The van der Waals surface area contributed by atoms with Gasteiger partial charge in [0.2, 0.25) is 0 Å². The van der Waals surface area contributed by atoms with Crippen LogP contribution >= 0.6 is 35.6 Å². The fraction of sp³-hybridized carbons (Fsp3) is 0.600. The third kappa shape index (κ3) is 7.51. The Labute approximate surface area is 157 Å². The minimum Gasteiger partial charge on any atom is -0.460 e. The molecule has 2 rings (SSSR count). The van der Waals surface area contributed by atoms with Crippen molar-refractivity contribution in [2.45, 2.75) is 25.5 Å². The van der Waals surface area contributed by atoms with Crippen molar-refractivity contribution in [1.29, 1.82) is 0 Å². The summed E-state index contributed by atoms with van der Waals surface area (Å²) in [6, 6.07) is 2.34. The molecule has 2 N–H and O–H groups in total. The Bertz CT molecular complexity index is 507. The molecule has 0 amide bonds. The zero-order chi connectivity index (χ0) is 16.7. The molecule has 0 bridgehead atoms. The minimum absolute atomic E-state index is 0. The fourth-order valence-electron chi connectivity index (χ4n) is 2.20. The van der Waals surface area contributed by atoms with Gasteiger partial charge in [-0.05, 0) is 36.5 Å². The first kappa shape index (κ1) is 21.4. The van der Waals surface area contributed by atoms with E-state index in [9.17, 15) is 4.79 Å². The molecule has 24 heavy (non-hydrogen) atoms. The number of nitrogens with zero attached hydrogens (tertiary/aromatic N) is 1. The second kappa shape index (κ2) is 11.1. The molecule has 1 aromatic heterocycles. The maximum Gasteiger partial charge on any atom is 0.325 e. The average molecular weight is 400 g/mol. The second-order valence-corrected chi connectivity index (χ2v) is 6.20. The molecule has 0 saturated carbocycles. The molecule has 6 nitrogen and oxygen atoms in total. The number of aromatic nitrogens is 1. The lowest BCUT2D eigenvalue weighted by molar-refractivity contribution is -0.148. The highest BCUT2D eigenvalue weighted by molar-refractivity contribution is 6.32. The van der Waals surface area contributed by atoms with Crippen LogP contribution in [0.5, 0.6) is 0 Å². The summed E-state index contributed by atoms with van der Waals surface area (Å²) < 4.78 is 15.9. The smallest absolute Gasteiger partial charge is 0.325 e. The molecule has 1 aromatic rings. The summed E-state index contributed by atoms with van der Waals surface area (Å²) in [6.07, 6.45) is 1.95. The van der Waals surface area contributed by atoms with E-state index in [1.165, 1.54) is 0 Å². The molecule has 0 spiro atoms. The lowest BCUT2D eigenvalue weighted by Gasteiger charge is -2.22. The van der Waals surface area contributed by atoms with Crippen molar-refractivity contribution in [3.05, 3.63) is 28.0 Å². The first-order valence-corrected chi connectivity index (χ1v) is 8.20. The number of carbonyl (C=O) groups excluding carboxylic acids is 1. The Morgan fingerprint density at radius 3 is 2.58 bits per heavy atom. The normalized spacial score (nSPS) is 16.3. The van der Waals surface area contributed by atoms with E-state index in [4.69, 9.17) is 43.1 Å². The van der Waals surface area contributed by atoms with Gasteiger partial charge in [0.25, 0.3) is 0 Å². The first-order valence-electron chi connectivity index (χ1n) is 7.44. The maximum atomic E-state index is 11.8. The van der Waals surface area contributed by atoms with Crippen molar-refractivity contribution in [3.63, 3.8) is 0 Å². The van der Waals surface area contributed by atoms with Crippen LogP contribution in [0.15, 0.2) is 12.1 Å². The van der Waals surface area contributed by atoms with Crippen molar-refractivity contribution >= 4 is 41.6 Å². The van der Waals surface area contributed by atoms with Gasteiger partial charge in [-0.15, -0.1) is 12.4 Å². The second-order valence-electron chi connectivity index (χ2n) is 5.43. The van der Waals surface area contributed by atoms with Crippen LogP contribution in [0.3, 0.4) is 0 Å². The topological polar surface area (TPSA) is 83.7 Å². The van der Waals surface area contributed by atoms with Gasteiger partial charge in [0.1, 0.15) is 23.0 Å². The average Bonchev–Trinajstić information content (AvgIpc) is 2.52. The molecule has 0 aliphatic carbocycles. The van der Waals surface area contributed by atoms with Crippen LogP contribution < -0.4 is 5.73 Å². The van der Waals surface area contributed by atoms with Gasteiger partial charge in [-0.3, -0.25) is 4.79 Å². The third-order valence-corrected chi connectivity index (χ3v) is 3.89. The molecular weight excluding hydrogens is 379 g/mol. The van der Waals surface area contributed by atoms with Crippen LogP contribution in [0.4, 0.5) is 0 Å². The number of ether oxygens (including phenoxy) is 3. The Balaban J connectivity index is 0.00000288. The Morgan fingerprint density at radius 1 is 1.33 bits per heavy atom. The number of esters is 1. The molecule has 0 unspecified atom stereocenters. The summed E-state index contributed by atoms with van der Waals surface area (Å²) in [5.74, 6) is -0.0610. The molecule has 0 radical (unpaired) electrons. The number of rotatable bonds is 7. The molecule has 1 aliphatic rings. The molecule has 9 heteroatoms. The predicted molar refractivity (Wildman–Crippen MR) is 93.6 cm³/mol. The SMILES string of the molecule is Cl.N[C@@H](COCC1CCOCC1)C(=O)OCc1cc(Cl)nc(Cl)c1. The number of hydrogen-bond donors (Lipinski definition) is 1. The molecular formula is C15H21Cl3N2O4. The molecule has 1 atom stereocenters. The van der Waals surface area contributed by atoms with Gasteiger partial charge in [0.15, 0.2) is 0 Å². The molecule has 0 aromatic carbocycles.